The molecule has 0 heterocycles. The summed E-state index contributed by atoms with van der Waals surface area (Å²) in [5.74, 6) is 0. The fraction of sp³-hybridized carbons (Fsp3) is 0.500. The van der Waals surface area contributed by atoms with Crippen LogP contribution in [-0.4, -0.2) is 25.0 Å². The third kappa shape index (κ3) is 5.22. The summed E-state index contributed by atoms with van der Waals surface area (Å²) in [6.45, 7) is 2.15. The molecule has 0 aromatic heterocycles. The van der Waals surface area contributed by atoms with Crippen molar-refractivity contribution in [3.05, 3.63) is 35.4 Å². The zero-order valence-corrected chi connectivity index (χ0v) is 13.6. The van der Waals surface area contributed by atoms with E-state index in [9.17, 15) is 0 Å². The molecule has 0 aliphatic heterocycles. The van der Waals surface area contributed by atoms with Crippen LogP contribution in [0.2, 0.25) is 0 Å². The van der Waals surface area contributed by atoms with Gasteiger partial charge in [-0.25, -0.2) is 0 Å². The van der Waals surface area contributed by atoms with E-state index in [1.165, 1.54) is 11.1 Å². The Morgan fingerprint density at radius 3 is 1.50 bits per heavy atom. The van der Waals surface area contributed by atoms with Crippen LogP contribution in [0.25, 0.3) is 0 Å². The number of hydrogen-bond donors (Lipinski definition) is 0. The van der Waals surface area contributed by atoms with E-state index >= 15 is 0 Å². The minimum absolute atomic E-state index is 0. The summed E-state index contributed by atoms with van der Waals surface area (Å²) in [5, 5.41) is 0. The molecule has 0 nitrogen and oxygen atoms in total. The minimum atomic E-state index is 0. The van der Waals surface area contributed by atoms with Gasteiger partial charge in [0.2, 0.25) is 0 Å². The van der Waals surface area contributed by atoms with Crippen LogP contribution in [0.4, 0.5) is 0 Å². The molecule has 0 saturated carbocycles. The molecule has 16 heavy (non-hydrogen) atoms. The zero-order chi connectivity index (χ0) is 10.7. The molecular weight excluding hydrogens is 279 g/mol. The molecule has 0 saturated heterocycles. The molecule has 0 bridgehead atoms. The Morgan fingerprint density at radius 1 is 0.812 bits per heavy atom. The molecular formula is C12H20Cl2S2. The number of rotatable bonds is 3. The Labute approximate surface area is 118 Å². The summed E-state index contributed by atoms with van der Waals surface area (Å²) in [4.78, 5) is 0. The number of halogens is 2. The van der Waals surface area contributed by atoms with E-state index < -0.39 is 0 Å². The first-order valence-corrected chi connectivity index (χ1v) is 8.92. The normalized spacial score (nSPS) is 10.2. The highest BCUT2D eigenvalue weighted by atomic mass is 35.5. The van der Waals surface area contributed by atoms with Gasteiger partial charge in [0.1, 0.15) is 25.0 Å². The van der Waals surface area contributed by atoms with E-state index in [0.717, 1.165) is 4.58 Å². The van der Waals surface area contributed by atoms with Gasteiger partial charge in [0, 0.05) is 21.8 Å². The summed E-state index contributed by atoms with van der Waals surface area (Å²) in [6, 6.07) is 9.03. The van der Waals surface area contributed by atoms with Crippen molar-refractivity contribution in [2.24, 2.45) is 0 Å². The lowest BCUT2D eigenvalue weighted by Gasteiger charge is -2.11. The second-order valence-corrected chi connectivity index (χ2v) is 8.76. The summed E-state index contributed by atoms with van der Waals surface area (Å²) < 4.78 is 0.746. The maximum atomic E-state index is 2.34. The molecule has 0 radical (unpaired) electrons. The number of hydrogen-bond acceptors (Lipinski definition) is 0. The van der Waals surface area contributed by atoms with Crippen LogP contribution < -0.4 is 24.8 Å². The maximum absolute atomic E-state index is 2.34. The molecule has 0 amide bonds. The van der Waals surface area contributed by atoms with E-state index in [1.807, 2.05) is 0 Å². The van der Waals surface area contributed by atoms with Crippen LogP contribution in [0, 0.1) is 6.92 Å². The fourth-order valence-electron chi connectivity index (χ4n) is 1.65. The second-order valence-electron chi connectivity index (χ2n) is 4.00. The number of aryl methyl sites for hydroxylation is 1. The van der Waals surface area contributed by atoms with Crippen LogP contribution >= 0.6 is 0 Å². The molecule has 4 heteroatoms. The van der Waals surface area contributed by atoms with Gasteiger partial charge in [-0.1, -0.05) is 17.7 Å². The van der Waals surface area contributed by atoms with Crippen molar-refractivity contribution < 1.29 is 24.8 Å². The van der Waals surface area contributed by atoms with Gasteiger partial charge in [0.05, 0.1) is 5.56 Å². The molecule has 0 fully saturated rings. The van der Waals surface area contributed by atoms with Crippen LogP contribution in [0.1, 0.15) is 15.7 Å². The van der Waals surface area contributed by atoms with E-state index in [-0.39, 0.29) is 24.8 Å². The first-order valence-electron chi connectivity index (χ1n) is 4.71. The number of benzene rings is 1. The van der Waals surface area contributed by atoms with Gasteiger partial charge in [-0.05, 0) is 19.1 Å². The van der Waals surface area contributed by atoms with Crippen LogP contribution in [0.5, 0.6) is 0 Å². The van der Waals surface area contributed by atoms with Gasteiger partial charge in [-0.3, -0.25) is 0 Å². The average molecular weight is 299 g/mol. The Kier molecular flexibility index (Phi) is 10.1. The third-order valence-corrected chi connectivity index (χ3v) is 6.77. The highest BCUT2D eigenvalue weighted by molar-refractivity contribution is 8.12. The third-order valence-electron chi connectivity index (χ3n) is 2.21. The summed E-state index contributed by atoms with van der Waals surface area (Å²) >= 11 is 0. The van der Waals surface area contributed by atoms with E-state index in [0.29, 0.717) is 21.8 Å². The first kappa shape index (κ1) is 18.9. The van der Waals surface area contributed by atoms with E-state index in [1.54, 1.807) is 0 Å². The minimum Gasteiger partial charge on any atom is -1.00 e. The lowest BCUT2D eigenvalue weighted by atomic mass is 10.2. The van der Waals surface area contributed by atoms with Crippen molar-refractivity contribution in [2.45, 2.75) is 11.5 Å². The molecule has 0 atom stereocenters. The smallest absolute Gasteiger partial charge is 0.290 e. The van der Waals surface area contributed by atoms with Crippen molar-refractivity contribution in [1.82, 2.24) is 0 Å². The van der Waals surface area contributed by atoms with Crippen molar-refractivity contribution in [1.29, 1.82) is 0 Å². The lowest BCUT2D eigenvalue weighted by Crippen LogP contribution is -3.00. The second kappa shape index (κ2) is 8.57. The van der Waals surface area contributed by atoms with E-state index in [4.69, 9.17) is 0 Å². The molecule has 0 spiro atoms. The highest BCUT2D eigenvalue weighted by Gasteiger charge is 2.34. The highest BCUT2D eigenvalue weighted by Crippen LogP contribution is 2.27. The van der Waals surface area contributed by atoms with Crippen LogP contribution in [0.15, 0.2) is 24.3 Å². The van der Waals surface area contributed by atoms with Gasteiger partial charge >= 0.3 is 0 Å². The SMILES string of the molecule is Cc1ccc(C([S+](C)C)[S+](C)C)cc1.[Cl-].[Cl-]. The monoisotopic (exact) mass is 298 g/mol. The van der Waals surface area contributed by atoms with Crippen molar-refractivity contribution in [2.75, 3.05) is 25.0 Å². The molecule has 0 unspecified atom stereocenters. The van der Waals surface area contributed by atoms with Crippen molar-refractivity contribution in [3.8, 4) is 0 Å². The van der Waals surface area contributed by atoms with Crippen molar-refractivity contribution >= 4 is 21.8 Å². The van der Waals surface area contributed by atoms with Gasteiger partial charge in [0.15, 0.2) is 0 Å². The Balaban J connectivity index is 0. The first-order chi connectivity index (χ1) is 6.52. The van der Waals surface area contributed by atoms with Crippen LogP contribution in [-0.2, 0) is 21.8 Å². The summed E-state index contributed by atoms with van der Waals surface area (Å²) in [7, 11) is 0.943. The maximum Gasteiger partial charge on any atom is 0.290 e. The average Bonchev–Trinajstić information content (AvgIpc) is 2.07. The largest absolute Gasteiger partial charge is 1.00 e. The van der Waals surface area contributed by atoms with Gasteiger partial charge in [-0.15, -0.1) is 0 Å². The Bertz CT molecular complexity index is 276. The molecule has 1 rings (SSSR count). The lowest BCUT2D eigenvalue weighted by molar-refractivity contribution is -0.00100. The van der Waals surface area contributed by atoms with Crippen LogP contribution in [0.3, 0.4) is 0 Å². The molecule has 1 aromatic rings. The van der Waals surface area contributed by atoms with Crippen molar-refractivity contribution in [3.63, 3.8) is 0 Å². The zero-order valence-electron chi connectivity index (χ0n) is 10.5. The Hall–Kier alpha value is 0.500. The Morgan fingerprint density at radius 2 is 1.19 bits per heavy atom. The van der Waals surface area contributed by atoms with E-state index in [2.05, 4.69) is 56.2 Å². The standard InChI is InChI=1S/C12H20S2.2ClH/c1-10-6-8-11(9-7-10)12(13(2)3)14(4)5;;/h6-9,12H,1-5H3;2*1H/q+2;;/p-2. The molecule has 0 aliphatic rings. The van der Waals surface area contributed by atoms with Gasteiger partial charge in [0.25, 0.3) is 4.58 Å². The molecule has 1 aromatic carbocycles. The van der Waals surface area contributed by atoms with Gasteiger partial charge < -0.3 is 24.8 Å². The molecule has 94 valence electrons. The predicted molar refractivity (Wildman–Crippen MR) is 72.3 cm³/mol. The fourth-order valence-corrected chi connectivity index (χ4v) is 6.13. The summed E-state index contributed by atoms with van der Waals surface area (Å²) in [6.07, 6.45) is 9.38. The van der Waals surface area contributed by atoms with Gasteiger partial charge in [-0.2, -0.15) is 0 Å². The summed E-state index contributed by atoms with van der Waals surface area (Å²) in [5.41, 5.74) is 2.86. The predicted octanol–water partition coefficient (Wildman–Crippen LogP) is -3.24. The topological polar surface area (TPSA) is 0 Å². The quantitative estimate of drug-likeness (QED) is 0.515. The molecule has 0 N–H and O–H groups in total. The molecule has 0 aliphatic carbocycles.